The van der Waals surface area contributed by atoms with Gasteiger partial charge in [0.05, 0.1) is 23.8 Å². The zero-order valence-electron chi connectivity index (χ0n) is 14.0. The molecule has 0 bridgehead atoms. The summed E-state index contributed by atoms with van der Waals surface area (Å²) in [5.41, 5.74) is 0. The summed E-state index contributed by atoms with van der Waals surface area (Å²) in [5, 5.41) is 4.65. The molecule has 25 heavy (non-hydrogen) atoms. The number of carbonyl (C=O) groups excluding carboxylic acids is 2. The van der Waals surface area contributed by atoms with E-state index in [0.717, 1.165) is 25.2 Å². The van der Waals surface area contributed by atoms with Gasteiger partial charge in [-0.25, -0.2) is 0 Å². The Balaban J connectivity index is 1.51. The smallest absolute Gasteiger partial charge is 0.261 e. The van der Waals surface area contributed by atoms with E-state index in [2.05, 4.69) is 5.32 Å². The highest BCUT2D eigenvalue weighted by Crippen LogP contribution is 2.16. The lowest BCUT2D eigenvalue weighted by Crippen LogP contribution is -2.38. The number of nitrogens with one attached hydrogen (secondary N) is 1. The van der Waals surface area contributed by atoms with Crippen LogP contribution in [0.25, 0.3) is 0 Å². The fourth-order valence-corrected chi connectivity index (χ4v) is 3.46. The first kappa shape index (κ1) is 17.7. The van der Waals surface area contributed by atoms with Gasteiger partial charge in [0, 0.05) is 26.1 Å². The zero-order chi connectivity index (χ0) is 17.5. The molecule has 1 unspecified atom stereocenters. The monoisotopic (exact) mass is 362 g/mol. The van der Waals surface area contributed by atoms with Crippen molar-refractivity contribution in [2.24, 2.45) is 0 Å². The Hall–Kier alpha value is -2.12. The number of hydrogen-bond donors (Lipinski definition) is 1. The Kier molecular flexibility index (Phi) is 6.25. The Bertz CT molecular complexity index is 663. The van der Waals surface area contributed by atoms with Gasteiger partial charge in [-0.3, -0.25) is 9.59 Å². The van der Waals surface area contributed by atoms with Crippen LogP contribution in [0, 0.1) is 0 Å². The Labute approximate surface area is 150 Å². The number of nitrogens with zero attached hydrogens (tertiary/aromatic N) is 1. The average molecular weight is 362 g/mol. The molecule has 0 saturated carbocycles. The van der Waals surface area contributed by atoms with E-state index in [1.165, 1.54) is 11.3 Å². The lowest BCUT2D eigenvalue weighted by Gasteiger charge is -2.24. The van der Waals surface area contributed by atoms with Gasteiger partial charge in [0.2, 0.25) is 5.91 Å². The van der Waals surface area contributed by atoms with E-state index in [1.54, 1.807) is 17.2 Å². The van der Waals surface area contributed by atoms with E-state index >= 15 is 0 Å². The summed E-state index contributed by atoms with van der Waals surface area (Å²) >= 11 is 1.38. The largest absolute Gasteiger partial charge is 0.467 e. The normalized spacial score (nSPS) is 16.7. The van der Waals surface area contributed by atoms with Crippen molar-refractivity contribution >= 4 is 23.2 Å². The molecule has 134 valence electrons. The van der Waals surface area contributed by atoms with Crippen molar-refractivity contribution in [3.05, 3.63) is 46.5 Å². The molecule has 1 fully saturated rings. The van der Waals surface area contributed by atoms with E-state index in [4.69, 9.17) is 9.15 Å². The molecule has 2 amide bonds. The Morgan fingerprint density at radius 2 is 2.24 bits per heavy atom. The van der Waals surface area contributed by atoms with Gasteiger partial charge in [0.25, 0.3) is 5.91 Å². The maximum Gasteiger partial charge on any atom is 0.261 e. The van der Waals surface area contributed by atoms with Gasteiger partial charge in [-0.1, -0.05) is 6.07 Å². The first-order chi connectivity index (χ1) is 12.2. The Morgan fingerprint density at radius 1 is 1.32 bits per heavy atom. The molecule has 3 rings (SSSR count). The summed E-state index contributed by atoms with van der Waals surface area (Å²) in [4.78, 5) is 26.9. The lowest BCUT2D eigenvalue weighted by molar-refractivity contribution is -0.133. The van der Waals surface area contributed by atoms with Gasteiger partial charge >= 0.3 is 0 Å². The number of thiophene rings is 1. The first-order valence-electron chi connectivity index (χ1n) is 8.46. The maximum absolute atomic E-state index is 12.6. The fourth-order valence-electron chi connectivity index (χ4n) is 2.82. The summed E-state index contributed by atoms with van der Waals surface area (Å²) in [6.45, 7) is 2.04. The third-order valence-corrected chi connectivity index (χ3v) is 4.97. The van der Waals surface area contributed by atoms with E-state index in [0.29, 0.717) is 24.5 Å². The van der Waals surface area contributed by atoms with Crippen LogP contribution in [0.5, 0.6) is 0 Å². The van der Waals surface area contributed by atoms with Crippen molar-refractivity contribution in [1.29, 1.82) is 0 Å². The van der Waals surface area contributed by atoms with Gasteiger partial charge in [0.1, 0.15) is 5.76 Å². The van der Waals surface area contributed by atoms with Crippen LogP contribution in [0.2, 0.25) is 0 Å². The lowest BCUT2D eigenvalue weighted by atomic mass is 10.2. The third kappa shape index (κ3) is 5.17. The summed E-state index contributed by atoms with van der Waals surface area (Å²) in [6, 6.07) is 7.26. The summed E-state index contributed by atoms with van der Waals surface area (Å²) in [7, 11) is 0. The molecule has 6 nitrogen and oxygen atoms in total. The summed E-state index contributed by atoms with van der Waals surface area (Å²) in [5.74, 6) is 0.590. The second-order valence-corrected chi connectivity index (χ2v) is 6.92. The standard InChI is InChI=1S/C18H22N2O4S/c21-17(7-8-19-18(22)16-6-3-11-25-16)20(12-14-4-1-9-23-14)13-15-5-2-10-24-15/h1,3-4,6,9,11,15H,2,5,7-8,10,12-13H2,(H,19,22). The van der Waals surface area contributed by atoms with Gasteiger partial charge in [-0.2, -0.15) is 0 Å². The molecule has 1 N–H and O–H groups in total. The van der Waals surface area contributed by atoms with Gasteiger partial charge in [-0.15, -0.1) is 11.3 Å². The predicted octanol–water partition coefficient (Wildman–Crippen LogP) is 2.67. The highest BCUT2D eigenvalue weighted by atomic mass is 32.1. The summed E-state index contributed by atoms with van der Waals surface area (Å²) in [6.07, 6.45) is 3.94. The molecule has 1 saturated heterocycles. The van der Waals surface area contributed by atoms with Crippen LogP contribution in [-0.2, 0) is 16.1 Å². The molecular weight excluding hydrogens is 340 g/mol. The van der Waals surface area contributed by atoms with Crippen molar-refractivity contribution in [2.75, 3.05) is 19.7 Å². The molecule has 2 aromatic rings. The minimum atomic E-state index is -0.139. The van der Waals surface area contributed by atoms with Gasteiger partial charge in [0.15, 0.2) is 0 Å². The number of furan rings is 1. The van der Waals surface area contributed by atoms with Crippen molar-refractivity contribution in [2.45, 2.75) is 31.9 Å². The van der Waals surface area contributed by atoms with Crippen LogP contribution in [0.1, 0.15) is 34.7 Å². The van der Waals surface area contributed by atoms with Crippen LogP contribution in [0.3, 0.4) is 0 Å². The number of ether oxygens (including phenoxy) is 1. The third-order valence-electron chi connectivity index (χ3n) is 4.10. The highest BCUT2D eigenvalue weighted by Gasteiger charge is 2.23. The molecular formula is C18H22N2O4S. The zero-order valence-corrected chi connectivity index (χ0v) is 14.8. The molecule has 0 aliphatic carbocycles. The minimum Gasteiger partial charge on any atom is -0.467 e. The van der Waals surface area contributed by atoms with Crippen molar-refractivity contribution in [3.8, 4) is 0 Å². The van der Waals surface area contributed by atoms with Crippen molar-refractivity contribution in [3.63, 3.8) is 0 Å². The SMILES string of the molecule is O=C(NCCC(=O)N(Cc1ccco1)CC1CCCO1)c1cccs1. The van der Waals surface area contributed by atoms with Crippen LogP contribution in [0.15, 0.2) is 40.3 Å². The van der Waals surface area contributed by atoms with Crippen LogP contribution >= 0.6 is 11.3 Å². The predicted molar refractivity (Wildman–Crippen MR) is 94.4 cm³/mol. The second kappa shape index (κ2) is 8.82. The molecule has 0 radical (unpaired) electrons. The quantitative estimate of drug-likeness (QED) is 0.784. The molecule has 1 atom stereocenters. The molecule has 0 aromatic carbocycles. The number of amides is 2. The first-order valence-corrected chi connectivity index (χ1v) is 9.34. The highest BCUT2D eigenvalue weighted by molar-refractivity contribution is 7.12. The summed E-state index contributed by atoms with van der Waals surface area (Å²) < 4.78 is 11.0. The molecule has 7 heteroatoms. The molecule has 1 aliphatic rings. The maximum atomic E-state index is 12.6. The van der Waals surface area contributed by atoms with E-state index in [-0.39, 0.29) is 24.3 Å². The molecule has 2 aromatic heterocycles. The van der Waals surface area contributed by atoms with Gasteiger partial charge < -0.3 is 19.4 Å². The van der Waals surface area contributed by atoms with E-state index in [9.17, 15) is 9.59 Å². The van der Waals surface area contributed by atoms with Crippen LogP contribution in [0.4, 0.5) is 0 Å². The minimum absolute atomic E-state index is 0.0154. The van der Waals surface area contributed by atoms with Crippen molar-refractivity contribution in [1.82, 2.24) is 10.2 Å². The van der Waals surface area contributed by atoms with Gasteiger partial charge in [-0.05, 0) is 36.4 Å². The number of hydrogen-bond acceptors (Lipinski definition) is 5. The Morgan fingerprint density at radius 3 is 2.92 bits per heavy atom. The fraction of sp³-hybridized carbons (Fsp3) is 0.444. The second-order valence-electron chi connectivity index (χ2n) is 5.97. The van der Waals surface area contributed by atoms with E-state index in [1.807, 2.05) is 23.6 Å². The number of carbonyl (C=O) groups is 2. The van der Waals surface area contributed by atoms with E-state index < -0.39 is 0 Å². The van der Waals surface area contributed by atoms with Crippen LogP contribution < -0.4 is 5.32 Å². The molecule has 1 aliphatic heterocycles. The number of rotatable bonds is 8. The molecule has 3 heterocycles. The molecule has 0 spiro atoms. The van der Waals surface area contributed by atoms with Crippen molar-refractivity contribution < 1.29 is 18.7 Å². The topological polar surface area (TPSA) is 71.8 Å². The average Bonchev–Trinajstić information content (AvgIpc) is 3.37. The van der Waals surface area contributed by atoms with Crippen LogP contribution in [-0.4, -0.2) is 42.5 Å².